The van der Waals surface area contributed by atoms with E-state index in [1.165, 1.54) is 0 Å². The zero-order valence-electron chi connectivity index (χ0n) is 8.97. The normalized spacial score (nSPS) is 25.6. The van der Waals surface area contributed by atoms with Gasteiger partial charge >= 0.3 is 0 Å². The first-order valence-electron chi connectivity index (χ1n) is 4.96. The molecule has 4 heteroatoms. The average Bonchev–Trinajstić information content (AvgIpc) is 2.47. The highest BCUT2D eigenvalue weighted by atomic mass is 32.2. The van der Waals surface area contributed by atoms with E-state index in [1.807, 2.05) is 48.5 Å². The van der Waals surface area contributed by atoms with E-state index in [1.54, 1.807) is 0 Å². The van der Waals surface area contributed by atoms with Gasteiger partial charge in [0.2, 0.25) is 11.3 Å². The molecule has 1 aromatic carbocycles. The zero-order valence-corrected chi connectivity index (χ0v) is 9.79. The van der Waals surface area contributed by atoms with Gasteiger partial charge in [-0.1, -0.05) is 30.3 Å². The molecule has 1 fully saturated rings. The van der Waals surface area contributed by atoms with Crippen molar-refractivity contribution in [2.24, 2.45) is 0 Å². The van der Waals surface area contributed by atoms with Crippen molar-refractivity contribution in [2.45, 2.75) is 25.9 Å². The zero-order chi connectivity index (χ0) is 10.9. The van der Waals surface area contributed by atoms with Crippen molar-refractivity contribution in [2.75, 3.05) is 6.61 Å². The van der Waals surface area contributed by atoms with E-state index in [0.717, 1.165) is 5.56 Å². The Hall–Kier alpha value is -0.710. The molecule has 15 heavy (non-hydrogen) atoms. The highest BCUT2D eigenvalue weighted by molar-refractivity contribution is 7.78. The number of benzene rings is 1. The summed E-state index contributed by atoms with van der Waals surface area (Å²) in [6.45, 7) is 5.27. The Morgan fingerprint density at radius 1 is 1.40 bits per heavy atom. The van der Waals surface area contributed by atoms with Gasteiger partial charge in [-0.15, -0.1) is 0 Å². The van der Waals surface area contributed by atoms with E-state index < -0.39 is 11.3 Å². The molecule has 82 valence electrons. The van der Waals surface area contributed by atoms with Gasteiger partial charge in [-0.3, -0.25) is 4.18 Å². The highest BCUT2D eigenvalue weighted by Gasteiger charge is 2.39. The fourth-order valence-corrected chi connectivity index (χ4v) is 2.78. The molecular formula is C11H15NO2S. The lowest BCUT2D eigenvalue weighted by molar-refractivity contribution is 0.220. The van der Waals surface area contributed by atoms with Crippen molar-refractivity contribution in [1.29, 1.82) is 0 Å². The molecule has 1 atom stereocenters. The molecule has 0 amide bonds. The minimum Gasteiger partial charge on any atom is -0.276 e. The van der Waals surface area contributed by atoms with Gasteiger partial charge in [-0.05, 0) is 19.4 Å². The minimum atomic E-state index is -1.30. The average molecular weight is 225 g/mol. The summed E-state index contributed by atoms with van der Waals surface area (Å²) >= 11 is -1.30. The molecule has 0 aromatic heterocycles. The molecular weight excluding hydrogens is 210 g/mol. The fraction of sp³-hybridized carbons (Fsp3) is 0.455. The summed E-state index contributed by atoms with van der Waals surface area (Å²) in [6, 6.07) is 10.0. The van der Waals surface area contributed by atoms with E-state index >= 15 is 0 Å². The maximum absolute atomic E-state index is 11.6. The molecule has 1 aliphatic rings. The van der Waals surface area contributed by atoms with Crippen LogP contribution in [0.15, 0.2) is 30.3 Å². The van der Waals surface area contributed by atoms with Crippen LogP contribution in [0.3, 0.4) is 0 Å². The molecule has 0 aliphatic carbocycles. The molecule has 1 unspecified atom stereocenters. The van der Waals surface area contributed by atoms with E-state index in [0.29, 0.717) is 13.2 Å². The SMILES string of the molecule is CC1(C)COS(=O)N1Cc1ccccc1. The first-order valence-corrected chi connectivity index (χ1v) is 5.99. The van der Waals surface area contributed by atoms with Crippen LogP contribution in [-0.4, -0.2) is 20.7 Å². The summed E-state index contributed by atoms with van der Waals surface area (Å²) in [5, 5.41) is 0. The van der Waals surface area contributed by atoms with Crippen molar-refractivity contribution in [3.05, 3.63) is 35.9 Å². The van der Waals surface area contributed by atoms with Crippen LogP contribution >= 0.6 is 0 Å². The first kappa shape index (κ1) is 10.8. The maximum Gasteiger partial charge on any atom is 0.238 e. The molecule has 2 rings (SSSR count). The number of nitrogens with zero attached hydrogens (tertiary/aromatic N) is 1. The summed E-state index contributed by atoms with van der Waals surface area (Å²) in [5.74, 6) is 0. The van der Waals surface area contributed by atoms with Gasteiger partial charge in [-0.25, -0.2) is 4.21 Å². The molecule has 0 bridgehead atoms. The Balaban J connectivity index is 2.15. The minimum absolute atomic E-state index is 0.152. The van der Waals surface area contributed by atoms with Crippen LogP contribution in [0.25, 0.3) is 0 Å². The second-order valence-electron chi connectivity index (χ2n) is 4.31. The Morgan fingerprint density at radius 2 is 2.07 bits per heavy atom. The summed E-state index contributed by atoms with van der Waals surface area (Å²) in [4.78, 5) is 0. The molecule has 3 nitrogen and oxygen atoms in total. The molecule has 1 aromatic rings. The van der Waals surface area contributed by atoms with E-state index in [2.05, 4.69) is 0 Å². The Kier molecular flexibility index (Phi) is 2.91. The lowest BCUT2D eigenvalue weighted by Crippen LogP contribution is -2.39. The van der Waals surface area contributed by atoms with Gasteiger partial charge in [0.25, 0.3) is 0 Å². The molecule has 0 radical (unpaired) electrons. The van der Waals surface area contributed by atoms with Crippen LogP contribution in [0, 0.1) is 0 Å². The van der Waals surface area contributed by atoms with Crippen LogP contribution in [0.5, 0.6) is 0 Å². The second kappa shape index (κ2) is 4.04. The number of hydrogen-bond donors (Lipinski definition) is 0. The van der Waals surface area contributed by atoms with Gasteiger partial charge in [0.05, 0.1) is 12.1 Å². The number of rotatable bonds is 2. The topological polar surface area (TPSA) is 29.5 Å². The standard InChI is InChI=1S/C11H15NO2S/c1-11(2)9-14-15(13)12(11)8-10-6-4-3-5-7-10/h3-7H,8-9H2,1-2H3. The number of hydrogen-bond acceptors (Lipinski definition) is 2. The second-order valence-corrected chi connectivity index (χ2v) is 5.42. The van der Waals surface area contributed by atoms with E-state index in [9.17, 15) is 4.21 Å². The van der Waals surface area contributed by atoms with Crippen molar-refractivity contribution in [3.8, 4) is 0 Å². The van der Waals surface area contributed by atoms with Crippen molar-refractivity contribution >= 4 is 11.3 Å². The van der Waals surface area contributed by atoms with Gasteiger partial charge in [0.15, 0.2) is 0 Å². The Labute approximate surface area is 92.8 Å². The van der Waals surface area contributed by atoms with E-state index in [4.69, 9.17) is 4.18 Å². The fourth-order valence-electron chi connectivity index (χ4n) is 1.55. The molecule has 0 spiro atoms. The third-order valence-electron chi connectivity index (χ3n) is 2.54. The summed E-state index contributed by atoms with van der Waals surface area (Å²) in [7, 11) is 0. The summed E-state index contributed by atoms with van der Waals surface area (Å²) in [5.41, 5.74) is 1.00. The molecule has 1 saturated heterocycles. The van der Waals surface area contributed by atoms with Crippen LogP contribution in [0.1, 0.15) is 19.4 Å². The lowest BCUT2D eigenvalue weighted by Gasteiger charge is -2.26. The highest BCUT2D eigenvalue weighted by Crippen LogP contribution is 2.27. The van der Waals surface area contributed by atoms with Gasteiger partial charge in [0.1, 0.15) is 0 Å². The Bertz CT molecular complexity index is 364. The maximum atomic E-state index is 11.6. The van der Waals surface area contributed by atoms with Gasteiger partial charge < -0.3 is 0 Å². The molecule has 0 N–H and O–H groups in total. The van der Waals surface area contributed by atoms with Crippen LogP contribution in [-0.2, 0) is 22.0 Å². The summed E-state index contributed by atoms with van der Waals surface area (Å²) < 4.78 is 18.6. The monoisotopic (exact) mass is 225 g/mol. The van der Waals surface area contributed by atoms with Crippen molar-refractivity contribution < 1.29 is 8.39 Å². The summed E-state index contributed by atoms with van der Waals surface area (Å²) in [6.07, 6.45) is 0. The molecule has 1 aliphatic heterocycles. The third-order valence-corrected chi connectivity index (χ3v) is 3.84. The van der Waals surface area contributed by atoms with Crippen molar-refractivity contribution in [1.82, 2.24) is 4.31 Å². The van der Waals surface area contributed by atoms with Crippen molar-refractivity contribution in [3.63, 3.8) is 0 Å². The largest absolute Gasteiger partial charge is 0.276 e. The smallest absolute Gasteiger partial charge is 0.238 e. The lowest BCUT2D eigenvalue weighted by atomic mass is 10.1. The van der Waals surface area contributed by atoms with Crippen LogP contribution in [0.4, 0.5) is 0 Å². The molecule has 1 heterocycles. The van der Waals surface area contributed by atoms with Gasteiger partial charge in [0, 0.05) is 6.54 Å². The quantitative estimate of drug-likeness (QED) is 0.769. The van der Waals surface area contributed by atoms with E-state index in [-0.39, 0.29) is 5.54 Å². The van der Waals surface area contributed by atoms with Crippen LogP contribution in [0.2, 0.25) is 0 Å². The Morgan fingerprint density at radius 3 is 2.60 bits per heavy atom. The third kappa shape index (κ3) is 2.27. The predicted molar refractivity (Wildman–Crippen MR) is 60.2 cm³/mol. The van der Waals surface area contributed by atoms with Crippen LogP contribution < -0.4 is 0 Å². The molecule has 0 saturated carbocycles. The predicted octanol–water partition coefficient (Wildman–Crippen LogP) is 1.88. The first-order chi connectivity index (χ1) is 7.09. The van der Waals surface area contributed by atoms with Gasteiger partial charge in [-0.2, -0.15) is 4.31 Å².